The summed E-state index contributed by atoms with van der Waals surface area (Å²) in [6, 6.07) is 13.4. The van der Waals surface area contributed by atoms with Crippen LogP contribution in [0.15, 0.2) is 53.1 Å². The summed E-state index contributed by atoms with van der Waals surface area (Å²) in [4.78, 5) is 17.9. The zero-order valence-corrected chi connectivity index (χ0v) is 14.5. The fourth-order valence-corrected chi connectivity index (χ4v) is 2.45. The van der Waals surface area contributed by atoms with Crippen LogP contribution in [0.25, 0.3) is 11.4 Å². The summed E-state index contributed by atoms with van der Waals surface area (Å²) in [5, 5.41) is 3.93. The number of carbonyl (C=O) groups is 1. The van der Waals surface area contributed by atoms with Crippen LogP contribution in [0.3, 0.4) is 0 Å². The van der Waals surface area contributed by atoms with Gasteiger partial charge in [0.25, 0.3) is 0 Å². The molecule has 0 unspecified atom stereocenters. The average molecular weight is 355 g/mol. The first-order chi connectivity index (χ1) is 12.6. The minimum Gasteiger partial charge on any atom is -0.497 e. The van der Waals surface area contributed by atoms with Crippen molar-refractivity contribution in [3.63, 3.8) is 0 Å². The smallest absolute Gasteiger partial charge is 0.227 e. The average Bonchev–Trinajstić information content (AvgIpc) is 3.15. The minimum absolute atomic E-state index is 0.134. The van der Waals surface area contributed by atoms with E-state index in [4.69, 9.17) is 9.26 Å². The summed E-state index contributed by atoms with van der Waals surface area (Å²) in [6.07, 6.45) is 0.413. The SMILES string of the molecule is COc1ccc(-c2noc(CCC(=O)N(C)c3ccccc3F)n2)cc1. The van der Waals surface area contributed by atoms with Gasteiger partial charge in [0.1, 0.15) is 11.6 Å². The van der Waals surface area contributed by atoms with Gasteiger partial charge in [-0.05, 0) is 36.4 Å². The van der Waals surface area contributed by atoms with Crippen molar-refractivity contribution in [3.8, 4) is 17.1 Å². The van der Waals surface area contributed by atoms with Gasteiger partial charge in [-0.3, -0.25) is 4.79 Å². The van der Waals surface area contributed by atoms with Crippen molar-refractivity contribution in [2.24, 2.45) is 0 Å². The van der Waals surface area contributed by atoms with E-state index in [0.717, 1.165) is 11.3 Å². The normalized spacial score (nSPS) is 10.6. The number of amides is 1. The highest BCUT2D eigenvalue weighted by Crippen LogP contribution is 2.21. The summed E-state index contributed by atoms with van der Waals surface area (Å²) < 4.78 is 24.1. The molecule has 134 valence electrons. The van der Waals surface area contributed by atoms with Crippen LogP contribution in [-0.2, 0) is 11.2 Å². The number of para-hydroxylation sites is 1. The number of nitrogens with zero attached hydrogens (tertiary/aromatic N) is 3. The van der Waals surface area contributed by atoms with Crippen molar-refractivity contribution in [1.82, 2.24) is 10.1 Å². The zero-order valence-electron chi connectivity index (χ0n) is 14.5. The maximum Gasteiger partial charge on any atom is 0.227 e. The second-order valence-electron chi connectivity index (χ2n) is 5.64. The Bertz CT molecular complexity index is 893. The Hall–Kier alpha value is -3.22. The van der Waals surface area contributed by atoms with Crippen LogP contribution >= 0.6 is 0 Å². The largest absolute Gasteiger partial charge is 0.497 e. The number of rotatable bonds is 6. The molecule has 2 aromatic carbocycles. The number of anilines is 1. The first kappa shape index (κ1) is 17.6. The van der Waals surface area contributed by atoms with E-state index in [2.05, 4.69) is 10.1 Å². The number of ether oxygens (including phenoxy) is 1. The predicted molar refractivity (Wildman–Crippen MR) is 94.4 cm³/mol. The molecule has 0 aliphatic rings. The molecule has 0 spiro atoms. The molecule has 26 heavy (non-hydrogen) atoms. The Morgan fingerprint density at radius 2 is 1.92 bits per heavy atom. The Morgan fingerprint density at radius 3 is 2.62 bits per heavy atom. The molecule has 3 aromatic rings. The van der Waals surface area contributed by atoms with Crippen molar-refractivity contribution in [2.45, 2.75) is 12.8 Å². The number of methoxy groups -OCH3 is 1. The highest BCUT2D eigenvalue weighted by molar-refractivity contribution is 5.92. The lowest BCUT2D eigenvalue weighted by molar-refractivity contribution is -0.118. The number of aryl methyl sites for hydroxylation is 1. The number of hydrogen-bond acceptors (Lipinski definition) is 5. The number of hydrogen-bond donors (Lipinski definition) is 0. The van der Waals surface area contributed by atoms with E-state index in [0.29, 0.717) is 11.7 Å². The van der Waals surface area contributed by atoms with Gasteiger partial charge < -0.3 is 14.2 Å². The highest BCUT2D eigenvalue weighted by atomic mass is 19.1. The van der Waals surface area contributed by atoms with Gasteiger partial charge >= 0.3 is 0 Å². The standard InChI is InChI=1S/C19H18FN3O3/c1-23(16-6-4-3-5-15(16)20)18(24)12-11-17-21-19(22-26-17)13-7-9-14(25-2)10-8-13/h3-10H,11-12H2,1-2H3. The van der Waals surface area contributed by atoms with Crippen molar-refractivity contribution in [1.29, 1.82) is 0 Å². The van der Waals surface area contributed by atoms with E-state index in [1.807, 2.05) is 12.1 Å². The van der Waals surface area contributed by atoms with Crippen LogP contribution in [0.2, 0.25) is 0 Å². The molecule has 6 nitrogen and oxygen atoms in total. The lowest BCUT2D eigenvalue weighted by atomic mass is 10.2. The Morgan fingerprint density at radius 1 is 1.19 bits per heavy atom. The van der Waals surface area contributed by atoms with Crippen LogP contribution in [0.4, 0.5) is 10.1 Å². The molecule has 0 N–H and O–H groups in total. The molecule has 0 bridgehead atoms. The third kappa shape index (κ3) is 3.88. The zero-order chi connectivity index (χ0) is 18.5. The van der Waals surface area contributed by atoms with Gasteiger partial charge in [-0.25, -0.2) is 4.39 Å². The first-order valence-electron chi connectivity index (χ1n) is 8.06. The van der Waals surface area contributed by atoms with Crippen molar-refractivity contribution < 1.29 is 18.4 Å². The van der Waals surface area contributed by atoms with Gasteiger partial charge in [-0.15, -0.1) is 0 Å². The van der Waals surface area contributed by atoms with Gasteiger partial charge in [-0.2, -0.15) is 4.98 Å². The molecule has 0 fully saturated rings. The Balaban J connectivity index is 1.62. The van der Waals surface area contributed by atoms with E-state index in [-0.39, 0.29) is 24.4 Å². The first-order valence-corrected chi connectivity index (χ1v) is 8.06. The molecular formula is C19H18FN3O3. The quantitative estimate of drug-likeness (QED) is 0.677. The second-order valence-corrected chi connectivity index (χ2v) is 5.64. The molecular weight excluding hydrogens is 337 g/mol. The van der Waals surface area contributed by atoms with E-state index >= 15 is 0 Å². The number of carbonyl (C=O) groups excluding carboxylic acids is 1. The maximum absolute atomic E-state index is 13.8. The topological polar surface area (TPSA) is 68.5 Å². The number of benzene rings is 2. The van der Waals surface area contributed by atoms with Crippen LogP contribution in [0.1, 0.15) is 12.3 Å². The van der Waals surface area contributed by atoms with Gasteiger partial charge in [0.05, 0.1) is 12.8 Å². The van der Waals surface area contributed by atoms with Gasteiger partial charge in [-0.1, -0.05) is 17.3 Å². The summed E-state index contributed by atoms with van der Waals surface area (Å²) in [6.45, 7) is 0. The lowest BCUT2D eigenvalue weighted by Crippen LogP contribution is -2.27. The van der Waals surface area contributed by atoms with Crippen LogP contribution in [0.5, 0.6) is 5.75 Å². The molecule has 3 rings (SSSR count). The summed E-state index contributed by atoms with van der Waals surface area (Å²) >= 11 is 0. The van der Waals surface area contributed by atoms with Gasteiger partial charge in [0.2, 0.25) is 17.6 Å². The van der Waals surface area contributed by atoms with Crippen molar-refractivity contribution >= 4 is 11.6 Å². The molecule has 1 aromatic heterocycles. The highest BCUT2D eigenvalue weighted by Gasteiger charge is 2.16. The maximum atomic E-state index is 13.8. The molecule has 0 radical (unpaired) electrons. The summed E-state index contributed by atoms with van der Waals surface area (Å²) in [7, 11) is 3.13. The fraction of sp³-hybridized carbons (Fsp3) is 0.211. The molecule has 1 heterocycles. The number of halogens is 1. The van der Waals surface area contributed by atoms with Crippen molar-refractivity contribution in [3.05, 3.63) is 60.2 Å². The van der Waals surface area contributed by atoms with E-state index < -0.39 is 5.82 Å². The third-order valence-electron chi connectivity index (χ3n) is 3.96. The van der Waals surface area contributed by atoms with Crippen LogP contribution in [-0.4, -0.2) is 30.2 Å². The van der Waals surface area contributed by atoms with E-state index in [1.165, 1.54) is 18.0 Å². The molecule has 7 heteroatoms. The fourth-order valence-electron chi connectivity index (χ4n) is 2.45. The molecule has 0 saturated carbocycles. The minimum atomic E-state index is -0.442. The third-order valence-corrected chi connectivity index (χ3v) is 3.96. The van der Waals surface area contributed by atoms with Crippen molar-refractivity contribution in [2.75, 3.05) is 19.1 Å². The predicted octanol–water partition coefficient (Wildman–Crippen LogP) is 3.48. The van der Waals surface area contributed by atoms with Crippen LogP contribution < -0.4 is 9.64 Å². The second kappa shape index (κ2) is 7.77. The van der Waals surface area contributed by atoms with Crippen LogP contribution in [0, 0.1) is 5.82 Å². The van der Waals surface area contributed by atoms with E-state index in [9.17, 15) is 9.18 Å². The molecule has 0 aliphatic carbocycles. The molecule has 0 aliphatic heterocycles. The molecule has 0 atom stereocenters. The van der Waals surface area contributed by atoms with Gasteiger partial charge in [0.15, 0.2) is 0 Å². The monoisotopic (exact) mass is 355 g/mol. The summed E-state index contributed by atoms with van der Waals surface area (Å²) in [5.41, 5.74) is 1.03. The van der Waals surface area contributed by atoms with Gasteiger partial charge in [0, 0.05) is 25.5 Å². The number of aromatic nitrogens is 2. The molecule has 1 amide bonds. The molecule has 0 saturated heterocycles. The summed E-state index contributed by atoms with van der Waals surface area (Å²) in [5.74, 6) is 0.852. The lowest BCUT2D eigenvalue weighted by Gasteiger charge is -2.17. The Labute approximate surface area is 150 Å². The Kier molecular flexibility index (Phi) is 5.26. The van der Waals surface area contributed by atoms with E-state index in [1.54, 1.807) is 37.4 Å².